The van der Waals surface area contributed by atoms with Gasteiger partial charge in [0.2, 0.25) is 0 Å². The number of rotatable bonds is 3. The van der Waals surface area contributed by atoms with E-state index < -0.39 is 23.7 Å². The van der Waals surface area contributed by atoms with Crippen LogP contribution < -0.4 is 16.0 Å². The second-order valence-corrected chi connectivity index (χ2v) is 7.80. The minimum Gasteiger partial charge on any atom is -0.330 e. The van der Waals surface area contributed by atoms with Gasteiger partial charge in [0.1, 0.15) is 5.82 Å². The number of urea groups is 1. The topological polar surface area (TPSA) is 90.5 Å². The molecule has 0 atom stereocenters. The van der Waals surface area contributed by atoms with Crippen LogP contribution in [0.3, 0.4) is 0 Å². The van der Waals surface area contributed by atoms with E-state index in [0.29, 0.717) is 24.3 Å². The lowest BCUT2D eigenvalue weighted by Gasteiger charge is -2.29. The molecule has 3 aromatic carbocycles. The maximum atomic E-state index is 13.8. The number of hydrogen-bond donors (Lipinski definition) is 3. The van der Waals surface area contributed by atoms with Crippen molar-refractivity contribution in [1.82, 2.24) is 4.90 Å². The minimum absolute atomic E-state index is 0.0798. The Hall–Kier alpha value is -4.20. The highest BCUT2D eigenvalue weighted by Crippen LogP contribution is 2.27. The lowest BCUT2D eigenvalue weighted by molar-refractivity contribution is -0.143. The van der Waals surface area contributed by atoms with Crippen LogP contribution in [0.4, 0.5) is 26.2 Å². The molecule has 1 aliphatic heterocycles. The molecule has 33 heavy (non-hydrogen) atoms. The number of carbonyl (C=O) groups is 3. The fourth-order valence-corrected chi connectivity index (χ4v) is 3.70. The predicted molar refractivity (Wildman–Crippen MR) is 124 cm³/mol. The van der Waals surface area contributed by atoms with Gasteiger partial charge in [-0.3, -0.25) is 9.59 Å². The Morgan fingerprint density at radius 1 is 0.848 bits per heavy atom. The van der Waals surface area contributed by atoms with Crippen molar-refractivity contribution in [3.8, 4) is 0 Å². The molecule has 3 N–H and O–H groups in total. The lowest BCUT2D eigenvalue weighted by Crippen LogP contribution is -2.42. The van der Waals surface area contributed by atoms with Crippen LogP contribution in [0, 0.1) is 12.7 Å². The number of hydrogen-bond acceptors (Lipinski definition) is 3. The van der Waals surface area contributed by atoms with Gasteiger partial charge in [-0.1, -0.05) is 42.0 Å². The van der Waals surface area contributed by atoms with E-state index in [1.807, 2.05) is 25.1 Å². The summed E-state index contributed by atoms with van der Waals surface area (Å²) in [6.45, 7) is 2.52. The van der Waals surface area contributed by atoms with Crippen molar-refractivity contribution >= 4 is 34.9 Å². The van der Waals surface area contributed by atoms with Gasteiger partial charge in [0.15, 0.2) is 0 Å². The van der Waals surface area contributed by atoms with Gasteiger partial charge in [0, 0.05) is 24.5 Å². The van der Waals surface area contributed by atoms with E-state index in [0.717, 1.165) is 16.7 Å². The molecule has 3 aromatic rings. The number of amides is 4. The van der Waals surface area contributed by atoms with E-state index in [4.69, 9.17) is 0 Å². The summed E-state index contributed by atoms with van der Waals surface area (Å²) in [6, 6.07) is 17.9. The van der Waals surface area contributed by atoms with E-state index in [2.05, 4.69) is 16.0 Å². The molecule has 0 radical (unpaired) electrons. The van der Waals surface area contributed by atoms with Gasteiger partial charge in [-0.15, -0.1) is 0 Å². The summed E-state index contributed by atoms with van der Waals surface area (Å²) < 4.78 is 13.8. The quantitative estimate of drug-likeness (QED) is 0.524. The molecule has 8 heteroatoms. The largest absolute Gasteiger partial charge is 0.330 e. The average Bonchev–Trinajstić information content (AvgIpc) is 2.81. The fourth-order valence-electron chi connectivity index (χ4n) is 3.70. The first kappa shape index (κ1) is 22.0. The zero-order chi connectivity index (χ0) is 23.4. The van der Waals surface area contributed by atoms with E-state index in [1.165, 1.54) is 17.0 Å². The Kier molecular flexibility index (Phi) is 6.35. The monoisotopic (exact) mass is 446 g/mol. The van der Waals surface area contributed by atoms with Gasteiger partial charge in [0.25, 0.3) is 0 Å². The van der Waals surface area contributed by atoms with Crippen LogP contribution in [-0.2, 0) is 22.6 Å². The first-order valence-corrected chi connectivity index (χ1v) is 10.5. The van der Waals surface area contributed by atoms with Crippen molar-refractivity contribution in [1.29, 1.82) is 0 Å². The molecule has 4 amide bonds. The third-order valence-corrected chi connectivity index (χ3v) is 5.43. The van der Waals surface area contributed by atoms with Crippen LogP contribution in [0.1, 0.15) is 16.7 Å². The Morgan fingerprint density at radius 3 is 2.30 bits per heavy atom. The number of benzene rings is 3. The zero-order valence-electron chi connectivity index (χ0n) is 18.0. The standard InChI is InChI=1S/C25H23FN4O3/c1-16-9-11-18(12-10-16)27-23(31)24(32)30-14-13-19-17(15-30)5-4-8-21(19)28-25(33)29-22-7-3-2-6-20(22)26/h2-12H,13-15H2,1H3,(H,27,31)(H2,28,29,33). The molecule has 7 nitrogen and oxygen atoms in total. The van der Waals surface area contributed by atoms with Gasteiger partial charge in [-0.2, -0.15) is 0 Å². The summed E-state index contributed by atoms with van der Waals surface area (Å²) in [5.41, 5.74) is 3.99. The number of halogens is 1. The Morgan fingerprint density at radius 2 is 1.55 bits per heavy atom. The van der Waals surface area contributed by atoms with E-state index in [1.54, 1.807) is 36.4 Å². The number of nitrogens with one attached hydrogen (secondary N) is 3. The van der Waals surface area contributed by atoms with E-state index in [9.17, 15) is 18.8 Å². The van der Waals surface area contributed by atoms with Crippen LogP contribution >= 0.6 is 0 Å². The number of nitrogens with zero attached hydrogens (tertiary/aromatic N) is 1. The number of aryl methyl sites for hydroxylation is 1. The third kappa shape index (κ3) is 5.17. The Balaban J connectivity index is 1.41. The second-order valence-electron chi connectivity index (χ2n) is 7.80. The summed E-state index contributed by atoms with van der Waals surface area (Å²) in [4.78, 5) is 39.0. The van der Waals surface area contributed by atoms with Gasteiger partial charge >= 0.3 is 17.8 Å². The molecule has 0 saturated carbocycles. The normalized spacial score (nSPS) is 12.5. The van der Waals surface area contributed by atoms with Crippen LogP contribution in [0.15, 0.2) is 66.7 Å². The number of para-hydroxylation sites is 1. The Bertz CT molecular complexity index is 1210. The van der Waals surface area contributed by atoms with Crippen LogP contribution in [0.25, 0.3) is 0 Å². The fraction of sp³-hybridized carbons (Fsp3) is 0.160. The molecule has 0 fully saturated rings. The van der Waals surface area contributed by atoms with Crippen molar-refractivity contribution < 1.29 is 18.8 Å². The molecule has 0 aromatic heterocycles. The predicted octanol–water partition coefficient (Wildman–Crippen LogP) is 4.30. The summed E-state index contributed by atoms with van der Waals surface area (Å²) >= 11 is 0. The van der Waals surface area contributed by atoms with E-state index in [-0.39, 0.29) is 12.2 Å². The SMILES string of the molecule is Cc1ccc(NC(=O)C(=O)N2CCc3c(cccc3NC(=O)Nc3ccccc3F)C2)cc1. The number of anilines is 3. The first-order valence-electron chi connectivity index (χ1n) is 10.5. The van der Waals surface area contributed by atoms with Crippen molar-refractivity contribution in [3.63, 3.8) is 0 Å². The average molecular weight is 446 g/mol. The Labute approximate surface area is 190 Å². The van der Waals surface area contributed by atoms with Crippen molar-refractivity contribution in [2.45, 2.75) is 19.9 Å². The molecule has 0 saturated heterocycles. The minimum atomic E-state index is -0.694. The number of fused-ring (bicyclic) bond motifs is 1. The van der Waals surface area contributed by atoms with Crippen molar-refractivity contribution in [2.24, 2.45) is 0 Å². The maximum Gasteiger partial charge on any atom is 0.323 e. The molecule has 168 valence electrons. The zero-order valence-corrected chi connectivity index (χ0v) is 18.0. The second kappa shape index (κ2) is 9.52. The summed E-state index contributed by atoms with van der Waals surface area (Å²) in [5, 5.41) is 7.87. The molecule has 0 aliphatic carbocycles. The van der Waals surface area contributed by atoms with Gasteiger partial charge < -0.3 is 20.9 Å². The highest BCUT2D eigenvalue weighted by atomic mass is 19.1. The molecule has 0 unspecified atom stereocenters. The van der Waals surface area contributed by atoms with Crippen LogP contribution in [-0.4, -0.2) is 29.3 Å². The van der Waals surface area contributed by atoms with Gasteiger partial charge in [0.05, 0.1) is 5.69 Å². The third-order valence-electron chi connectivity index (χ3n) is 5.43. The van der Waals surface area contributed by atoms with Gasteiger partial charge in [-0.25, -0.2) is 9.18 Å². The smallest absolute Gasteiger partial charge is 0.323 e. The number of carbonyl (C=O) groups excluding carboxylic acids is 3. The molecular weight excluding hydrogens is 423 g/mol. The summed E-state index contributed by atoms with van der Waals surface area (Å²) in [5.74, 6) is -1.83. The molecule has 0 bridgehead atoms. The highest BCUT2D eigenvalue weighted by Gasteiger charge is 2.27. The van der Waals surface area contributed by atoms with E-state index >= 15 is 0 Å². The van der Waals surface area contributed by atoms with Crippen molar-refractivity contribution in [3.05, 3.63) is 89.2 Å². The van der Waals surface area contributed by atoms with Crippen LogP contribution in [0.2, 0.25) is 0 Å². The molecule has 1 aliphatic rings. The lowest BCUT2D eigenvalue weighted by atomic mass is 9.97. The highest BCUT2D eigenvalue weighted by molar-refractivity contribution is 6.39. The molecule has 4 rings (SSSR count). The molecular formula is C25H23FN4O3. The van der Waals surface area contributed by atoms with Gasteiger partial charge in [-0.05, 0) is 54.8 Å². The van der Waals surface area contributed by atoms with Crippen molar-refractivity contribution in [2.75, 3.05) is 22.5 Å². The summed E-state index contributed by atoms with van der Waals surface area (Å²) in [7, 11) is 0. The first-order chi connectivity index (χ1) is 15.9. The molecule has 1 heterocycles. The maximum absolute atomic E-state index is 13.8. The van der Waals surface area contributed by atoms with Crippen LogP contribution in [0.5, 0.6) is 0 Å². The molecule has 0 spiro atoms. The summed E-state index contributed by atoms with van der Waals surface area (Å²) in [6.07, 6.45) is 0.467.